The molecule has 1 N–H and O–H groups in total. The molecular weight excluding hydrogens is 348 g/mol. The Bertz CT molecular complexity index is 987. The standard InChI is InChI=1S/C16H14N2O4S2/c19-15(11-5-6-24(20,21)9-11)18-16-17-12(8-23-16)14-7-10-3-1-2-4-13(10)22-14/h1-4,7-8,11H,5-6,9H2,(H,17,18,19). The van der Waals surface area contributed by atoms with Crippen LogP contribution in [-0.2, 0) is 14.6 Å². The summed E-state index contributed by atoms with van der Waals surface area (Å²) in [6, 6.07) is 9.58. The maximum absolute atomic E-state index is 12.2. The summed E-state index contributed by atoms with van der Waals surface area (Å²) in [5.74, 6) is -0.153. The van der Waals surface area contributed by atoms with Crippen molar-refractivity contribution in [2.24, 2.45) is 5.92 Å². The molecule has 3 heterocycles. The van der Waals surface area contributed by atoms with E-state index in [1.54, 1.807) is 5.38 Å². The van der Waals surface area contributed by atoms with Crippen molar-refractivity contribution in [2.75, 3.05) is 16.8 Å². The molecular formula is C16H14N2O4S2. The van der Waals surface area contributed by atoms with Crippen molar-refractivity contribution in [1.82, 2.24) is 4.98 Å². The van der Waals surface area contributed by atoms with Crippen molar-refractivity contribution >= 4 is 43.2 Å². The Labute approximate surface area is 142 Å². The van der Waals surface area contributed by atoms with Crippen LogP contribution in [0.5, 0.6) is 0 Å². The summed E-state index contributed by atoms with van der Waals surface area (Å²) in [5.41, 5.74) is 1.42. The number of benzene rings is 1. The Morgan fingerprint density at radius 1 is 1.33 bits per heavy atom. The minimum atomic E-state index is -3.08. The van der Waals surface area contributed by atoms with Crippen molar-refractivity contribution in [3.8, 4) is 11.5 Å². The topological polar surface area (TPSA) is 89.3 Å². The second-order valence-corrected chi connectivity index (χ2v) is 8.86. The van der Waals surface area contributed by atoms with Crippen LogP contribution in [0.4, 0.5) is 5.13 Å². The van der Waals surface area contributed by atoms with Crippen molar-refractivity contribution in [3.63, 3.8) is 0 Å². The molecule has 24 heavy (non-hydrogen) atoms. The number of amides is 1. The monoisotopic (exact) mass is 362 g/mol. The van der Waals surface area contributed by atoms with E-state index in [0.717, 1.165) is 11.0 Å². The summed E-state index contributed by atoms with van der Waals surface area (Å²) in [6.45, 7) is 0. The van der Waals surface area contributed by atoms with Gasteiger partial charge >= 0.3 is 0 Å². The second-order valence-electron chi connectivity index (χ2n) is 5.78. The average Bonchev–Trinajstić information content (AvgIpc) is 3.24. The highest BCUT2D eigenvalue weighted by Gasteiger charge is 2.33. The van der Waals surface area contributed by atoms with Crippen molar-refractivity contribution < 1.29 is 17.6 Å². The normalized spacial score (nSPS) is 19.6. The van der Waals surface area contributed by atoms with Crippen LogP contribution in [0.2, 0.25) is 0 Å². The molecule has 1 unspecified atom stereocenters. The van der Waals surface area contributed by atoms with Crippen LogP contribution in [0.15, 0.2) is 40.1 Å². The third kappa shape index (κ3) is 2.94. The third-order valence-corrected chi connectivity index (χ3v) is 6.54. The summed E-state index contributed by atoms with van der Waals surface area (Å²) in [6.07, 6.45) is 0.371. The van der Waals surface area contributed by atoms with E-state index in [0.29, 0.717) is 23.0 Å². The number of aromatic nitrogens is 1. The number of hydrogen-bond acceptors (Lipinski definition) is 6. The van der Waals surface area contributed by atoms with Crippen LogP contribution >= 0.6 is 11.3 Å². The number of sulfone groups is 1. The Morgan fingerprint density at radius 3 is 2.92 bits per heavy atom. The lowest BCUT2D eigenvalue weighted by atomic mass is 10.1. The zero-order valence-electron chi connectivity index (χ0n) is 12.6. The zero-order valence-corrected chi connectivity index (χ0v) is 14.2. The summed E-state index contributed by atoms with van der Waals surface area (Å²) in [4.78, 5) is 16.5. The lowest BCUT2D eigenvalue weighted by Crippen LogP contribution is -2.23. The molecule has 124 valence electrons. The number of nitrogens with zero attached hydrogens (tertiary/aromatic N) is 1. The van der Waals surface area contributed by atoms with Crippen LogP contribution in [0.1, 0.15) is 6.42 Å². The van der Waals surface area contributed by atoms with Gasteiger partial charge in [0.15, 0.2) is 20.7 Å². The fourth-order valence-corrected chi connectivity index (χ4v) is 5.21. The average molecular weight is 362 g/mol. The predicted molar refractivity (Wildman–Crippen MR) is 92.7 cm³/mol. The number of carbonyl (C=O) groups is 1. The fraction of sp³-hybridized carbons (Fsp3) is 0.250. The van der Waals surface area contributed by atoms with E-state index >= 15 is 0 Å². The number of carbonyl (C=O) groups excluding carboxylic acids is 1. The molecule has 0 aliphatic carbocycles. The molecule has 0 spiro atoms. The number of fused-ring (bicyclic) bond motifs is 1. The van der Waals surface area contributed by atoms with Gasteiger partial charge in [-0.05, 0) is 18.6 Å². The van der Waals surface area contributed by atoms with Crippen molar-refractivity contribution in [3.05, 3.63) is 35.7 Å². The van der Waals surface area contributed by atoms with Gasteiger partial charge in [0.1, 0.15) is 11.3 Å². The third-order valence-electron chi connectivity index (χ3n) is 4.02. The van der Waals surface area contributed by atoms with Gasteiger partial charge in [0.05, 0.1) is 17.4 Å². The molecule has 1 aromatic carbocycles. The van der Waals surface area contributed by atoms with E-state index in [9.17, 15) is 13.2 Å². The Hall–Kier alpha value is -2.19. The Balaban J connectivity index is 1.51. The van der Waals surface area contributed by atoms with Crippen LogP contribution in [0, 0.1) is 5.92 Å². The second kappa shape index (κ2) is 5.71. The molecule has 1 aliphatic rings. The number of para-hydroxylation sites is 1. The number of furan rings is 1. The van der Waals surface area contributed by atoms with E-state index in [-0.39, 0.29) is 17.4 Å². The maximum atomic E-state index is 12.2. The molecule has 1 aliphatic heterocycles. The summed E-state index contributed by atoms with van der Waals surface area (Å²) in [5, 5.41) is 5.94. The SMILES string of the molecule is O=C(Nc1nc(-c2cc3ccccc3o2)cs1)C1CCS(=O)(=O)C1. The first-order valence-electron chi connectivity index (χ1n) is 7.46. The van der Waals surface area contributed by atoms with Gasteiger partial charge in [0.25, 0.3) is 0 Å². The van der Waals surface area contributed by atoms with Crippen LogP contribution in [0.3, 0.4) is 0 Å². The molecule has 0 saturated carbocycles. The predicted octanol–water partition coefficient (Wildman–Crippen LogP) is 2.93. The molecule has 1 amide bonds. The van der Waals surface area contributed by atoms with E-state index in [2.05, 4.69) is 10.3 Å². The first-order valence-corrected chi connectivity index (χ1v) is 10.2. The quantitative estimate of drug-likeness (QED) is 0.774. The number of anilines is 1. The van der Waals surface area contributed by atoms with Crippen LogP contribution in [0.25, 0.3) is 22.4 Å². The molecule has 2 aromatic heterocycles. The van der Waals surface area contributed by atoms with Crippen LogP contribution in [-0.4, -0.2) is 30.8 Å². The maximum Gasteiger partial charge on any atom is 0.230 e. The zero-order chi connectivity index (χ0) is 16.7. The van der Waals surface area contributed by atoms with E-state index in [4.69, 9.17) is 4.42 Å². The molecule has 0 radical (unpaired) electrons. The highest BCUT2D eigenvalue weighted by Crippen LogP contribution is 2.30. The smallest absolute Gasteiger partial charge is 0.230 e. The minimum Gasteiger partial charge on any atom is -0.454 e. The lowest BCUT2D eigenvalue weighted by Gasteiger charge is -2.06. The summed E-state index contributed by atoms with van der Waals surface area (Å²) >= 11 is 1.29. The van der Waals surface area contributed by atoms with Gasteiger partial charge < -0.3 is 9.73 Å². The van der Waals surface area contributed by atoms with Gasteiger partial charge in [-0.25, -0.2) is 13.4 Å². The van der Waals surface area contributed by atoms with Gasteiger partial charge in [0, 0.05) is 10.8 Å². The molecule has 4 rings (SSSR count). The first-order chi connectivity index (χ1) is 11.5. The van der Waals surface area contributed by atoms with Gasteiger partial charge in [-0.15, -0.1) is 11.3 Å². The van der Waals surface area contributed by atoms with Gasteiger partial charge in [-0.2, -0.15) is 0 Å². The highest BCUT2D eigenvalue weighted by atomic mass is 32.2. The van der Waals surface area contributed by atoms with Crippen molar-refractivity contribution in [2.45, 2.75) is 6.42 Å². The van der Waals surface area contributed by atoms with E-state index in [1.807, 2.05) is 30.3 Å². The number of thiazole rings is 1. The first kappa shape index (κ1) is 15.3. The number of hydrogen-bond donors (Lipinski definition) is 1. The summed E-state index contributed by atoms with van der Waals surface area (Å²) in [7, 11) is -3.08. The molecule has 3 aromatic rings. The molecule has 1 atom stereocenters. The van der Waals surface area contributed by atoms with Gasteiger partial charge in [-0.1, -0.05) is 18.2 Å². The largest absolute Gasteiger partial charge is 0.454 e. The minimum absolute atomic E-state index is 0.0766. The number of rotatable bonds is 3. The Kier molecular flexibility index (Phi) is 3.65. The fourth-order valence-electron chi connectivity index (χ4n) is 2.76. The summed E-state index contributed by atoms with van der Waals surface area (Å²) < 4.78 is 28.7. The van der Waals surface area contributed by atoms with E-state index in [1.165, 1.54) is 11.3 Å². The molecule has 0 bridgehead atoms. The molecule has 1 saturated heterocycles. The van der Waals surface area contributed by atoms with Gasteiger partial charge in [-0.3, -0.25) is 4.79 Å². The van der Waals surface area contributed by atoms with Crippen LogP contribution < -0.4 is 5.32 Å². The molecule has 8 heteroatoms. The lowest BCUT2D eigenvalue weighted by molar-refractivity contribution is -0.119. The molecule has 1 fully saturated rings. The Morgan fingerprint density at radius 2 is 2.17 bits per heavy atom. The van der Waals surface area contributed by atoms with Gasteiger partial charge in [0.2, 0.25) is 5.91 Å². The van der Waals surface area contributed by atoms with Crippen molar-refractivity contribution in [1.29, 1.82) is 0 Å². The number of nitrogens with one attached hydrogen (secondary N) is 1. The molecule has 6 nitrogen and oxygen atoms in total. The highest BCUT2D eigenvalue weighted by molar-refractivity contribution is 7.91. The van der Waals surface area contributed by atoms with E-state index < -0.39 is 15.8 Å².